The van der Waals surface area contributed by atoms with Gasteiger partial charge in [0.25, 0.3) is 5.56 Å². The lowest BCUT2D eigenvalue weighted by molar-refractivity contribution is -0.116. The van der Waals surface area contributed by atoms with Crippen molar-refractivity contribution in [3.63, 3.8) is 0 Å². The van der Waals surface area contributed by atoms with E-state index < -0.39 is 10.0 Å². The summed E-state index contributed by atoms with van der Waals surface area (Å²) in [5.41, 5.74) is 0.571. The molecule has 0 spiro atoms. The lowest BCUT2D eigenvalue weighted by Crippen LogP contribution is -2.38. The third-order valence-electron chi connectivity index (χ3n) is 6.16. The molecule has 1 fully saturated rings. The van der Waals surface area contributed by atoms with E-state index in [2.05, 4.69) is 15.3 Å². The largest absolute Gasteiger partial charge is 0.325 e. The number of fused-ring (bicyclic) bond motifs is 1. The Morgan fingerprint density at radius 1 is 1.09 bits per heavy atom. The van der Waals surface area contributed by atoms with Gasteiger partial charge in [-0.15, -0.1) is 0 Å². The summed E-state index contributed by atoms with van der Waals surface area (Å²) in [7, 11) is -2.14. The van der Waals surface area contributed by atoms with Crippen LogP contribution in [0, 0.1) is 0 Å². The van der Waals surface area contributed by atoms with Crippen LogP contribution in [0.1, 0.15) is 44.3 Å². The van der Waals surface area contributed by atoms with Gasteiger partial charge in [0.2, 0.25) is 15.9 Å². The lowest BCUT2D eigenvalue weighted by atomic mass is 9.96. The van der Waals surface area contributed by atoms with Gasteiger partial charge in [0.05, 0.1) is 16.6 Å². The Morgan fingerprint density at radius 3 is 2.58 bits per heavy atom. The fourth-order valence-corrected chi connectivity index (χ4v) is 5.85. The van der Waals surface area contributed by atoms with E-state index in [1.165, 1.54) is 10.4 Å². The maximum Gasteiger partial charge on any atom is 0.258 e. The highest BCUT2D eigenvalue weighted by Gasteiger charge is 2.31. The van der Waals surface area contributed by atoms with Crippen LogP contribution in [0.3, 0.4) is 0 Å². The molecule has 0 saturated heterocycles. The zero-order valence-corrected chi connectivity index (χ0v) is 19.4. The second-order valence-corrected chi connectivity index (χ2v) is 10.4. The average Bonchev–Trinajstić information content (AvgIpc) is 2.83. The van der Waals surface area contributed by atoms with Gasteiger partial charge < -0.3 is 10.3 Å². The fraction of sp³-hybridized carbons (Fsp3) is 0.375. The number of rotatable bonds is 7. The van der Waals surface area contributed by atoms with E-state index in [1.54, 1.807) is 49.5 Å². The molecular weight excluding hydrogens is 440 g/mol. The van der Waals surface area contributed by atoms with E-state index in [4.69, 9.17) is 0 Å². The second kappa shape index (κ2) is 9.84. The van der Waals surface area contributed by atoms with Crippen LogP contribution in [-0.2, 0) is 21.2 Å². The van der Waals surface area contributed by atoms with E-state index in [-0.39, 0.29) is 40.9 Å². The predicted molar refractivity (Wildman–Crippen MR) is 128 cm³/mol. The van der Waals surface area contributed by atoms with Gasteiger partial charge in [-0.25, -0.2) is 13.4 Å². The highest BCUT2D eigenvalue weighted by molar-refractivity contribution is 7.89. The van der Waals surface area contributed by atoms with Crippen molar-refractivity contribution in [1.82, 2.24) is 14.3 Å². The Morgan fingerprint density at radius 2 is 1.79 bits per heavy atom. The molecule has 2 N–H and O–H groups in total. The number of para-hydroxylation sites is 2. The number of nitrogens with zero attached hydrogens (tertiary/aromatic N) is 2. The van der Waals surface area contributed by atoms with Crippen LogP contribution in [0.4, 0.5) is 5.69 Å². The number of benzene rings is 2. The first-order chi connectivity index (χ1) is 15.9. The molecule has 4 rings (SSSR count). The molecule has 0 atom stereocenters. The smallest absolute Gasteiger partial charge is 0.258 e. The van der Waals surface area contributed by atoms with Crippen molar-refractivity contribution in [2.45, 2.75) is 55.9 Å². The van der Waals surface area contributed by atoms with E-state index in [9.17, 15) is 18.0 Å². The molecule has 0 bridgehead atoms. The summed E-state index contributed by atoms with van der Waals surface area (Å²) in [6.45, 7) is 0. The van der Waals surface area contributed by atoms with Crippen LogP contribution in [-0.4, -0.2) is 41.7 Å². The predicted octanol–water partition coefficient (Wildman–Crippen LogP) is 3.45. The number of H-pyrrole nitrogens is 1. The molecule has 0 aliphatic heterocycles. The second-order valence-electron chi connectivity index (χ2n) is 8.39. The third-order valence-corrected chi connectivity index (χ3v) is 8.13. The van der Waals surface area contributed by atoms with Crippen molar-refractivity contribution in [1.29, 1.82) is 0 Å². The number of nitrogens with one attached hydrogen (secondary N) is 2. The van der Waals surface area contributed by atoms with Gasteiger partial charge in [-0.3, -0.25) is 9.59 Å². The number of aryl methyl sites for hydroxylation is 1. The van der Waals surface area contributed by atoms with Crippen LogP contribution in [0.25, 0.3) is 10.9 Å². The minimum absolute atomic E-state index is 0.0247. The molecule has 0 radical (unpaired) electrons. The number of carbonyl (C=O) groups is 1. The average molecular weight is 469 g/mol. The van der Waals surface area contributed by atoms with Crippen LogP contribution < -0.4 is 10.9 Å². The minimum atomic E-state index is -3.75. The van der Waals surface area contributed by atoms with E-state index >= 15 is 0 Å². The molecule has 3 aromatic rings. The van der Waals surface area contributed by atoms with Crippen molar-refractivity contribution in [3.8, 4) is 0 Å². The molecule has 33 heavy (non-hydrogen) atoms. The molecule has 1 aromatic heterocycles. The number of hydrogen-bond donors (Lipinski definition) is 2. The topological polar surface area (TPSA) is 112 Å². The summed E-state index contributed by atoms with van der Waals surface area (Å²) in [5.74, 6) is 0.0561. The van der Waals surface area contributed by atoms with Gasteiger partial charge in [0, 0.05) is 25.9 Å². The summed E-state index contributed by atoms with van der Waals surface area (Å²) in [6, 6.07) is 13.4. The first-order valence-corrected chi connectivity index (χ1v) is 12.6. The highest BCUT2D eigenvalue weighted by atomic mass is 32.2. The number of sulfonamides is 1. The maximum absolute atomic E-state index is 13.3. The first kappa shape index (κ1) is 23.1. The summed E-state index contributed by atoms with van der Waals surface area (Å²) in [4.78, 5) is 32.1. The zero-order chi connectivity index (χ0) is 23.4. The molecule has 2 aromatic carbocycles. The van der Waals surface area contributed by atoms with Gasteiger partial charge in [-0.1, -0.05) is 43.5 Å². The van der Waals surface area contributed by atoms with Crippen molar-refractivity contribution in [2.24, 2.45) is 0 Å². The van der Waals surface area contributed by atoms with Crippen molar-refractivity contribution >= 4 is 32.5 Å². The number of amides is 1. The molecule has 1 saturated carbocycles. The number of hydrogen-bond acceptors (Lipinski definition) is 5. The molecule has 174 valence electrons. The van der Waals surface area contributed by atoms with Gasteiger partial charge in [-0.2, -0.15) is 4.31 Å². The molecule has 1 heterocycles. The van der Waals surface area contributed by atoms with Crippen molar-refractivity contribution in [2.75, 3.05) is 12.4 Å². The third kappa shape index (κ3) is 5.15. The quantitative estimate of drug-likeness (QED) is 0.552. The Kier molecular flexibility index (Phi) is 6.90. The molecule has 8 nitrogen and oxygen atoms in total. The highest BCUT2D eigenvalue weighted by Crippen LogP contribution is 2.29. The molecule has 1 amide bonds. The Balaban J connectivity index is 1.47. The number of anilines is 1. The monoisotopic (exact) mass is 468 g/mol. The standard InChI is InChI=1S/C24H28N4O4S/c1-28(17-9-3-2-4-10-17)33(31,32)21-14-8-7-13-20(21)26-23(29)16-15-22-25-19-12-6-5-11-18(19)24(30)27-22/h5-8,11-14,17H,2-4,9-10,15-16H2,1H3,(H,26,29)(H,25,27,30). The summed E-state index contributed by atoms with van der Waals surface area (Å²) < 4.78 is 28.0. The van der Waals surface area contributed by atoms with E-state index in [0.717, 1.165) is 32.1 Å². The first-order valence-electron chi connectivity index (χ1n) is 11.2. The number of carbonyl (C=O) groups excluding carboxylic acids is 1. The van der Waals surface area contributed by atoms with Crippen LogP contribution in [0.5, 0.6) is 0 Å². The van der Waals surface area contributed by atoms with Crippen LogP contribution in [0.2, 0.25) is 0 Å². The lowest BCUT2D eigenvalue weighted by Gasteiger charge is -2.30. The normalized spacial score (nSPS) is 15.1. The molecule has 9 heteroatoms. The fourth-order valence-electron chi connectivity index (χ4n) is 4.29. The summed E-state index contributed by atoms with van der Waals surface area (Å²) >= 11 is 0. The SMILES string of the molecule is CN(C1CCCCC1)S(=O)(=O)c1ccccc1NC(=O)CCc1nc2ccccc2c(=O)[nH]1. The maximum atomic E-state index is 13.3. The van der Waals surface area contributed by atoms with Crippen LogP contribution in [0.15, 0.2) is 58.2 Å². The number of aromatic amines is 1. The minimum Gasteiger partial charge on any atom is -0.325 e. The van der Waals surface area contributed by atoms with Crippen LogP contribution >= 0.6 is 0 Å². The van der Waals surface area contributed by atoms with E-state index in [0.29, 0.717) is 16.7 Å². The van der Waals surface area contributed by atoms with Gasteiger partial charge in [-0.05, 0) is 37.1 Å². The zero-order valence-electron chi connectivity index (χ0n) is 18.6. The van der Waals surface area contributed by atoms with Crippen molar-refractivity contribution in [3.05, 3.63) is 64.7 Å². The number of aromatic nitrogens is 2. The van der Waals surface area contributed by atoms with Gasteiger partial charge in [0.15, 0.2) is 0 Å². The van der Waals surface area contributed by atoms with Gasteiger partial charge >= 0.3 is 0 Å². The summed E-state index contributed by atoms with van der Waals surface area (Å²) in [5, 5.41) is 3.22. The Hall–Kier alpha value is -3.04. The Labute approximate surface area is 193 Å². The molecule has 1 aliphatic rings. The summed E-state index contributed by atoms with van der Waals surface area (Å²) in [6.07, 6.45) is 5.15. The van der Waals surface area contributed by atoms with Gasteiger partial charge in [0.1, 0.15) is 10.7 Å². The molecule has 1 aliphatic carbocycles. The van der Waals surface area contributed by atoms with E-state index in [1.807, 2.05) is 0 Å². The molecular formula is C24H28N4O4S. The Bertz CT molecular complexity index is 1310. The molecule has 0 unspecified atom stereocenters. The van der Waals surface area contributed by atoms with Crippen molar-refractivity contribution < 1.29 is 13.2 Å².